The Labute approximate surface area is 150 Å². The molecule has 27 heavy (non-hydrogen) atoms. The number of pyridine rings is 1. The van der Waals surface area contributed by atoms with Crippen molar-refractivity contribution in [3.63, 3.8) is 0 Å². The fraction of sp³-hybridized carbons (Fsp3) is 0.375. The topological polar surface area (TPSA) is 121 Å². The Morgan fingerprint density at radius 2 is 1.93 bits per heavy atom. The van der Waals surface area contributed by atoms with Gasteiger partial charge in [-0.25, -0.2) is 9.78 Å². The number of imidazole rings is 1. The maximum Gasteiger partial charge on any atom is 0.417 e. The summed E-state index contributed by atoms with van der Waals surface area (Å²) in [6.07, 6.45) is -4.03. The van der Waals surface area contributed by atoms with E-state index in [4.69, 9.17) is 10.2 Å². The van der Waals surface area contributed by atoms with Gasteiger partial charge < -0.3 is 15.5 Å². The Balaban J connectivity index is 2.52. The van der Waals surface area contributed by atoms with Crippen LogP contribution in [0.1, 0.15) is 41.5 Å². The Kier molecular flexibility index (Phi) is 5.72. The van der Waals surface area contributed by atoms with Crippen LogP contribution in [0.25, 0.3) is 5.65 Å². The maximum absolute atomic E-state index is 13.0. The van der Waals surface area contributed by atoms with Crippen molar-refractivity contribution in [1.29, 1.82) is 0 Å². The SMILES string of the molecule is CCCc1nc2ccc(C(F)(F)F)cn2c1C(=O)NC(CC(=O)O)C(=O)O. The minimum atomic E-state index is -4.65. The molecule has 0 spiro atoms. The van der Waals surface area contributed by atoms with Crippen LogP contribution in [0.3, 0.4) is 0 Å². The van der Waals surface area contributed by atoms with Gasteiger partial charge in [-0.2, -0.15) is 13.2 Å². The van der Waals surface area contributed by atoms with E-state index in [-0.39, 0.29) is 23.5 Å². The monoisotopic (exact) mass is 387 g/mol. The summed E-state index contributed by atoms with van der Waals surface area (Å²) in [5.41, 5.74) is -0.991. The molecule has 146 valence electrons. The van der Waals surface area contributed by atoms with Gasteiger partial charge in [-0.1, -0.05) is 13.3 Å². The molecule has 0 fully saturated rings. The highest BCUT2D eigenvalue weighted by atomic mass is 19.4. The molecule has 0 aliphatic carbocycles. The van der Waals surface area contributed by atoms with Crippen molar-refractivity contribution >= 4 is 23.5 Å². The van der Waals surface area contributed by atoms with E-state index >= 15 is 0 Å². The number of hydrogen-bond acceptors (Lipinski definition) is 4. The van der Waals surface area contributed by atoms with Gasteiger partial charge in [0, 0.05) is 6.20 Å². The zero-order valence-electron chi connectivity index (χ0n) is 14.1. The van der Waals surface area contributed by atoms with Gasteiger partial charge >= 0.3 is 18.1 Å². The molecule has 0 saturated heterocycles. The summed E-state index contributed by atoms with van der Waals surface area (Å²) in [5, 5.41) is 19.8. The molecular formula is C16H16F3N3O5. The molecule has 0 radical (unpaired) electrons. The summed E-state index contributed by atoms with van der Waals surface area (Å²) in [6.45, 7) is 1.78. The van der Waals surface area contributed by atoms with Gasteiger partial charge in [0.25, 0.3) is 5.91 Å². The van der Waals surface area contributed by atoms with Crippen molar-refractivity contribution in [3.8, 4) is 0 Å². The van der Waals surface area contributed by atoms with E-state index in [0.717, 1.165) is 16.5 Å². The van der Waals surface area contributed by atoms with Crippen LogP contribution in [0.2, 0.25) is 0 Å². The lowest BCUT2D eigenvalue weighted by atomic mass is 10.1. The average molecular weight is 387 g/mol. The highest BCUT2D eigenvalue weighted by molar-refractivity contribution is 5.97. The molecule has 0 saturated carbocycles. The van der Waals surface area contributed by atoms with Gasteiger partial charge in [0.05, 0.1) is 17.7 Å². The summed E-state index contributed by atoms with van der Waals surface area (Å²) in [6, 6.07) is 0.190. The molecule has 0 aliphatic rings. The summed E-state index contributed by atoms with van der Waals surface area (Å²) in [7, 11) is 0. The minimum Gasteiger partial charge on any atom is -0.481 e. The van der Waals surface area contributed by atoms with Gasteiger partial charge in [-0.3, -0.25) is 14.0 Å². The van der Waals surface area contributed by atoms with Crippen LogP contribution in [0, 0.1) is 0 Å². The standard InChI is InChI=1S/C16H16F3N3O5/c1-2-3-9-13(14(25)21-10(15(26)27)6-12(23)24)22-7-8(16(17,18)19)4-5-11(22)20-9/h4-5,7,10H,2-3,6H2,1H3,(H,21,25)(H,23,24)(H,26,27). The second-order valence-electron chi connectivity index (χ2n) is 5.76. The van der Waals surface area contributed by atoms with E-state index < -0.39 is 42.0 Å². The molecule has 2 rings (SSSR count). The molecule has 8 nitrogen and oxygen atoms in total. The van der Waals surface area contributed by atoms with Crippen molar-refractivity contribution in [2.24, 2.45) is 0 Å². The third-order valence-electron chi connectivity index (χ3n) is 3.70. The Morgan fingerprint density at radius 1 is 1.26 bits per heavy atom. The summed E-state index contributed by atoms with van der Waals surface area (Å²) in [4.78, 5) is 38.6. The van der Waals surface area contributed by atoms with Crippen molar-refractivity contribution in [1.82, 2.24) is 14.7 Å². The molecule has 1 amide bonds. The molecule has 0 aliphatic heterocycles. The highest BCUT2D eigenvalue weighted by Gasteiger charge is 2.32. The number of carbonyl (C=O) groups is 3. The molecule has 2 aromatic rings. The van der Waals surface area contributed by atoms with Crippen LogP contribution in [0.5, 0.6) is 0 Å². The van der Waals surface area contributed by atoms with Crippen LogP contribution >= 0.6 is 0 Å². The molecule has 0 aromatic carbocycles. The van der Waals surface area contributed by atoms with Gasteiger partial charge in [-0.15, -0.1) is 0 Å². The number of hydrogen-bond donors (Lipinski definition) is 3. The number of amides is 1. The van der Waals surface area contributed by atoms with Gasteiger partial charge in [-0.05, 0) is 18.6 Å². The van der Waals surface area contributed by atoms with E-state index in [1.54, 1.807) is 6.92 Å². The molecule has 2 heterocycles. The molecular weight excluding hydrogens is 371 g/mol. The lowest BCUT2D eigenvalue weighted by Gasteiger charge is -2.13. The van der Waals surface area contributed by atoms with Crippen LogP contribution in [-0.2, 0) is 22.2 Å². The Bertz CT molecular complexity index is 891. The first kappa shape index (κ1) is 20.2. The summed E-state index contributed by atoms with van der Waals surface area (Å²) >= 11 is 0. The highest BCUT2D eigenvalue weighted by Crippen LogP contribution is 2.30. The maximum atomic E-state index is 13.0. The number of nitrogens with one attached hydrogen (secondary N) is 1. The van der Waals surface area contributed by atoms with Crippen molar-refractivity contribution < 1.29 is 37.8 Å². The van der Waals surface area contributed by atoms with Crippen LogP contribution < -0.4 is 5.32 Å². The summed E-state index contributed by atoms with van der Waals surface area (Å²) in [5.74, 6) is -4.04. The lowest BCUT2D eigenvalue weighted by molar-refractivity contribution is -0.145. The number of carbonyl (C=O) groups excluding carboxylic acids is 1. The summed E-state index contributed by atoms with van der Waals surface area (Å²) < 4.78 is 39.9. The van der Waals surface area contributed by atoms with Crippen molar-refractivity contribution in [2.75, 3.05) is 0 Å². The number of alkyl halides is 3. The second kappa shape index (κ2) is 7.64. The minimum absolute atomic E-state index is 0.0849. The van der Waals surface area contributed by atoms with Gasteiger partial charge in [0.2, 0.25) is 0 Å². The van der Waals surface area contributed by atoms with Crippen LogP contribution in [0.4, 0.5) is 13.2 Å². The number of fused-ring (bicyclic) bond motifs is 1. The van der Waals surface area contributed by atoms with E-state index in [9.17, 15) is 27.6 Å². The Morgan fingerprint density at radius 3 is 2.44 bits per heavy atom. The predicted octanol–water partition coefficient (Wildman–Crippen LogP) is 1.96. The number of carboxylic acid groups (broad SMARTS) is 2. The number of nitrogens with zero attached hydrogens (tertiary/aromatic N) is 2. The predicted molar refractivity (Wildman–Crippen MR) is 85.3 cm³/mol. The molecule has 1 unspecified atom stereocenters. The number of rotatable bonds is 7. The van der Waals surface area contributed by atoms with Crippen molar-refractivity contribution in [3.05, 3.63) is 35.3 Å². The van der Waals surface area contributed by atoms with Gasteiger partial charge in [0.1, 0.15) is 17.4 Å². The number of aryl methyl sites for hydroxylation is 1. The fourth-order valence-corrected chi connectivity index (χ4v) is 2.51. The number of halogens is 3. The average Bonchev–Trinajstić information content (AvgIpc) is 2.90. The first-order chi connectivity index (χ1) is 12.5. The molecule has 11 heteroatoms. The van der Waals surface area contributed by atoms with E-state index in [1.165, 1.54) is 0 Å². The molecule has 0 bridgehead atoms. The van der Waals surface area contributed by atoms with E-state index in [0.29, 0.717) is 12.6 Å². The largest absolute Gasteiger partial charge is 0.481 e. The van der Waals surface area contributed by atoms with Crippen LogP contribution in [-0.4, -0.2) is 43.5 Å². The quantitative estimate of drug-likeness (QED) is 0.668. The zero-order valence-corrected chi connectivity index (χ0v) is 14.1. The second-order valence-corrected chi connectivity index (χ2v) is 5.76. The lowest BCUT2D eigenvalue weighted by Crippen LogP contribution is -2.42. The fourth-order valence-electron chi connectivity index (χ4n) is 2.51. The number of aliphatic carboxylic acids is 2. The number of aromatic nitrogens is 2. The third-order valence-corrected chi connectivity index (χ3v) is 3.70. The first-order valence-electron chi connectivity index (χ1n) is 7.88. The third kappa shape index (κ3) is 4.54. The smallest absolute Gasteiger partial charge is 0.417 e. The molecule has 1 atom stereocenters. The van der Waals surface area contributed by atoms with Crippen molar-refractivity contribution in [2.45, 2.75) is 38.4 Å². The van der Waals surface area contributed by atoms with Gasteiger partial charge in [0.15, 0.2) is 0 Å². The van der Waals surface area contributed by atoms with E-state index in [1.807, 2.05) is 5.32 Å². The molecule has 2 aromatic heterocycles. The van der Waals surface area contributed by atoms with Crippen LogP contribution in [0.15, 0.2) is 18.3 Å². The van der Waals surface area contributed by atoms with E-state index in [2.05, 4.69) is 4.98 Å². The Hall–Kier alpha value is -3.11. The molecule has 3 N–H and O–H groups in total. The normalized spacial score (nSPS) is 12.7. The number of carboxylic acids is 2. The first-order valence-corrected chi connectivity index (χ1v) is 7.88. The zero-order chi connectivity index (χ0) is 20.4.